The molecule has 3 aromatic rings. The first-order chi connectivity index (χ1) is 11.9. The van der Waals surface area contributed by atoms with E-state index in [4.69, 9.17) is 13.9 Å². The van der Waals surface area contributed by atoms with Crippen molar-refractivity contribution in [3.05, 3.63) is 34.5 Å². The van der Waals surface area contributed by atoms with Crippen LogP contribution in [0.4, 0.5) is 0 Å². The molecule has 0 fully saturated rings. The highest BCUT2D eigenvalue weighted by Gasteiger charge is 2.22. The highest BCUT2D eigenvalue weighted by molar-refractivity contribution is 5.92. The van der Waals surface area contributed by atoms with Gasteiger partial charge in [0.05, 0.1) is 14.2 Å². The van der Waals surface area contributed by atoms with E-state index >= 15 is 0 Å². The number of hydrogen-bond acceptors (Lipinski definition) is 8. The molecule has 8 nitrogen and oxygen atoms in total. The topological polar surface area (TPSA) is 130 Å². The molecule has 0 bridgehead atoms. The van der Waals surface area contributed by atoms with Crippen LogP contribution in [0, 0.1) is 0 Å². The van der Waals surface area contributed by atoms with Gasteiger partial charge in [0.25, 0.3) is 0 Å². The van der Waals surface area contributed by atoms with Crippen molar-refractivity contribution in [2.45, 2.75) is 0 Å². The molecule has 0 amide bonds. The van der Waals surface area contributed by atoms with Crippen LogP contribution in [-0.2, 0) is 0 Å². The lowest BCUT2D eigenvalue weighted by Gasteiger charge is -2.12. The molecule has 130 valence electrons. The van der Waals surface area contributed by atoms with Crippen molar-refractivity contribution in [3.8, 4) is 45.8 Å². The predicted molar refractivity (Wildman–Crippen MR) is 87.7 cm³/mol. The zero-order valence-corrected chi connectivity index (χ0v) is 13.2. The molecule has 25 heavy (non-hydrogen) atoms. The van der Waals surface area contributed by atoms with Crippen molar-refractivity contribution in [1.82, 2.24) is 0 Å². The minimum absolute atomic E-state index is 0.0567. The second-order valence-corrected chi connectivity index (χ2v) is 5.14. The van der Waals surface area contributed by atoms with E-state index in [-0.39, 0.29) is 39.5 Å². The third kappa shape index (κ3) is 2.44. The van der Waals surface area contributed by atoms with Crippen molar-refractivity contribution in [1.29, 1.82) is 0 Å². The maximum absolute atomic E-state index is 12.4. The van der Waals surface area contributed by atoms with Gasteiger partial charge in [0, 0.05) is 12.1 Å². The minimum Gasteiger partial charge on any atom is -0.507 e. The predicted octanol–water partition coefficient (Wildman–Crippen LogP) is 2.30. The fraction of sp³-hybridized carbons (Fsp3) is 0.118. The number of fused-ring (bicyclic) bond motifs is 1. The first kappa shape index (κ1) is 16.3. The fourth-order valence-electron chi connectivity index (χ4n) is 2.57. The second-order valence-electron chi connectivity index (χ2n) is 5.14. The van der Waals surface area contributed by atoms with E-state index in [1.807, 2.05) is 0 Å². The highest BCUT2D eigenvalue weighted by atomic mass is 16.5. The van der Waals surface area contributed by atoms with Crippen LogP contribution in [0.2, 0.25) is 0 Å². The number of benzene rings is 2. The summed E-state index contributed by atoms with van der Waals surface area (Å²) < 4.78 is 15.6. The summed E-state index contributed by atoms with van der Waals surface area (Å²) in [4.78, 5) is 12.4. The molecule has 8 heteroatoms. The summed E-state index contributed by atoms with van der Waals surface area (Å²) in [6.07, 6.45) is 0. The van der Waals surface area contributed by atoms with Gasteiger partial charge >= 0.3 is 0 Å². The molecule has 0 spiro atoms. The lowest BCUT2D eigenvalue weighted by Crippen LogP contribution is -2.02. The molecule has 0 aliphatic rings. The van der Waals surface area contributed by atoms with Gasteiger partial charge in [-0.1, -0.05) is 0 Å². The Morgan fingerprint density at radius 3 is 2.28 bits per heavy atom. The van der Waals surface area contributed by atoms with Crippen molar-refractivity contribution in [2.75, 3.05) is 14.2 Å². The molecule has 2 aromatic carbocycles. The molecule has 0 aliphatic heterocycles. The van der Waals surface area contributed by atoms with Gasteiger partial charge in [-0.15, -0.1) is 0 Å². The SMILES string of the molecule is COc1ccc(O)c(-c2cc(=O)c3c(O)cc(O)c(OC)c3o2)c1O. The van der Waals surface area contributed by atoms with Gasteiger partial charge in [-0.25, -0.2) is 0 Å². The van der Waals surface area contributed by atoms with Crippen LogP contribution < -0.4 is 14.9 Å². The van der Waals surface area contributed by atoms with Gasteiger partial charge < -0.3 is 34.3 Å². The van der Waals surface area contributed by atoms with Gasteiger partial charge in [0.2, 0.25) is 5.75 Å². The number of phenols is 4. The Bertz CT molecular complexity index is 1040. The van der Waals surface area contributed by atoms with E-state index in [1.54, 1.807) is 0 Å². The van der Waals surface area contributed by atoms with E-state index in [0.29, 0.717) is 0 Å². The first-order valence-electron chi connectivity index (χ1n) is 7.05. The molecule has 0 saturated heterocycles. The lowest BCUT2D eigenvalue weighted by atomic mass is 10.1. The molecule has 0 unspecified atom stereocenters. The van der Waals surface area contributed by atoms with Crippen LogP contribution in [0.1, 0.15) is 0 Å². The molecular formula is C17H14O8. The van der Waals surface area contributed by atoms with E-state index in [0.717, 1.165) is 12.1 Å². The third-order valence-electron chi connectivity index (χ3n) is 3.71. The Kier molecular flexibility index (Phi) is 3.80. The van der Waals surface area contributed by atoms with E-state index < -0.39 is 22.7 Å². The number of aromatic hydroxyl groups is 4. The van der Waals surface area contributed by atoms with Crippen molar-refractivity contribution < 1.29 is 34.3 Å². The highest BCUT2D eigenvalue weighted by Crippen LogP contribution is 2.45. The summed E-state index contributed by atoms with van der Waals surface area (Å²) >= 11 is 0. The molecule has 4 N–H and O–H groups in total. The molecule has 1 heterocycles. The quantitative estimate of drug-likeness (QED) is 0.568. The van der Waals surface area contributed by atoms with Crippen LogP contribution >= 0.6 is 0 Å². The number of ether oxygens (including phenoxy) is 2. The number of methoxy groups -OCH3 is 2. The van der Waals surface area contributed by atoms with Crippen LogP contribution in [-0.4, -0.2) is 34.6 Å². The molecule has 0 atom stereocenters. The summed E-state index contributed by atoms with van der Waals surface area (Å²) in [5.74, 6) is -2.04. The molecule has 0 aliphatic carbocycles. The average molecular weight is 346 g/mol. The monoisotopic (exact) mass is 346 g/mol. The lowest BCUT2D eigenvalue weighted by molar-refractivity contribution is 0.365. The van der Waals surface area contributed by atoms with Crippen molar-refractivity contribution in [3.63, 3.8) is 0 Å². The maximum Gasteiger partial charge on any atom is 0.204 e. The largest absolute Gasteiger partial charge is 0.507 e. The van der Waals surface area contributed by atoms with Gasteiger partial charge in [-0.2, -0.15) is 0 Å². The number of hydrogen-bond donors (Lipinski definition) is 4. The zero-order chi connectivity index (χ0) is 18.3. The fourth-order valence-corrected chi connectivity index (χ4v) is 2.57. The molecular weight excluding hydrogens is 332 g/mol. The normalized spacial score (nSPS) is 10.8. The summed E-state index contributed by atoms with van der Waals surface area (Å²) in [6.45, 7) is 0. The third-order valence-corrected chi connectivity index (χ3v) is 3.71. The van der Waals surface area contributed by atoms with E-state index in [9.17, 15) is 25.2 Å². The smallest absolute Gasteiger partial charge is 0.204 e. The number of rotatable bonds is 3. The van der Waals surface area contributed by atoms with Gasteiger partial charge in [-0.05, 0) is 12.1 Å². The van der Waals surface area contributed by atoms with Gasteiger partial charge in [0.15, 0.2) is 28.3 Å². The zero-order valence-electron chi connectivity index (χ0n) is 13.2. The van der Waals surface area contributed by atoms with Gasteiger partial charge in [-0.3, -0.25) is 4.79 Å². The van der Waals surface area contributed by atoms with Crippen LogP contribution in [0.5, 0.6) is 34.5 Å². The molecule has 0 radical (unpaired) electrons. The van der Waals surface area contributed by atoms with Crippen molar-refractivity contribution >= 4 is 11.0 Å². The average Bonchev–Trinajstić information content (AvgIpc) is 2.54. The van der Waals surface area contributed by atoms with Crippen molar-refractivity contribution in [2.24, 2.45) is 0 Å². The Morgan fingerprint density at radius 2 is 1.64 bits per heavy atom. The summed E-state index contributed by atoms with van der Waals surface area (Å²) in [5.41, 5.74) is -1.07. The minimum atomic E-state index is -0.659. The Balaban J connectivity index is 2.43. The number of phenolic OH excluding ortho intramolecular Hbond substituents is 4. The van der Waals surface area contributed by atoms with Crippen LogP contribution in [0.3, 0.4) is 0 Å². The van der Waals surface area contributed by atoms with E-state index in [1.165, 1.54) is 26.4 Å². The standard InChI is InChI=1S/C17H14O8/c1-23-11-4-3-7(18)14(15(11)22)12-6-9(20)13-8(19)5-10(21)16(24-2)17(13)25-12/h3-6,18-19,21-22H,1-2H3. The van der Waals surface area contributed by atoms with Crippen LogP contribution in [0.15, 0.2) is 33.5 Å². The summed E-state index contributed by atoms with van der Waals surface area (Å²) in [7, 11) is 2.57. The molecule has 3 rings (SSSR count). The first-order valence-corrected chi connectivity index (χ1v) is 7.05. The Morgan fingerprint density at radius 1 is 0.920 bits per heavy atom. The molecule has 1 aromatic heterocycles. The van der Waals surface area contributed by atoms with Crippen LogP contribution in [0.25, 0.3) is 22.3 Å². The summed E-state index contributed by atoms with van der Waals surface area (Å²) in [5, 5.41) is 39.9. The van der Waals surface area contributed by atoms with E-state index in [2.05, 4.69) is 0 Å². The Labute approximate surface area is 140 Å². The molecule has 0 saturated carbocycles. The second kappa shape index (κ2) is 5.82. The Hall–Kier alpha value is -3.55. The summed E-state index contributed by atoms with van der Waals surface area (Å²) in [6, 6.07) is 4.55. The maximum atomic E-state index is 12.4. The van der Waals surface area contributed by atoms with Gasteiger partial charge in [0.1, 0.15) is 28.2 Å².